The second-order valence-corrected chi connectivity index (χ2v) is 3.00. The van der Waals surface area contributed by atoms with Gasteiger partial charge in [-0.2, -0.15) is 8.78 Å². The van der Waals surface area contributed by atoms with Crippen molar-refractivity contribution in [2.24, 2.45) is 0 Å². The molecule has 3 nitrogen and oxygen atoms in total. The van der Waals surface area contributed by atoms with Crippen molar-refractivity contribution in [1.29, 1.82) is 0 Å². The first kappa shape index (κ1) is 10.1. The molecular formula is C8H11F2NO2. The van der Waals surface area contributed by atoms with Gasteiger partial charge in [0.25, 0.3) is 0 Å². The van der Waals surface area contributed by atoms with Crippen molar-refractivity contribution in [3.8, 4) is 0 Å². The largest absolute Gasteiger partial charge is 0.477 e. The van der Waals surface area contributed by atoms with Crippen LogP contribution in [0.1, 0.15) is 12.8 Å². The molecule has 2 N–H and O–H groups in total. The lowest BCUT2D eigenvalue weighted by atomic mass is 10.2. The maximum Gasteiger partial charge on any atom is 0.375 e. The van der Waals surface area contributed by atoms with E-state index in [0.717, 1.165) is 12.8 Å². The van der Waals surface area contributed by atoms with Gasteiger partial charge in [0.1, 0.15) is 0 Å². The van der Waals surface area contributed by atoms with Gasteiger partial charge in [0, 0.05) is 6.04 Å². The van der Waals surface area contributed by atoms with E-state index in [-0.39, 0.29) is 6.04 Å². The monoisotopic (exact) mass is 191 g/mol. The van der Waals surface area contributed by atoms with Crippen LogP contribution in [0.15, 0.2) is 12.2 Å². The summed E-state index contributed by atoms with van der Waals surface area (Å²) in [6.45, 7) is -0.808. The molecule has 1 aliphatic rings. The van der Waals surface area contributed by atoms with Crippen LogP contribution >= 0.6 is 0 Å². The Labute approximate surface area is 74.4 Å². The number of nitrogens with one attached hydrogen (secondary N) is 1. The van der Waals surface area contributed by atoms with Gasteiger partial charge in [-0.1, -0.05) is 12.2 Å². The zero-order valence-electron chi connectivity index (χ0n) is 6.96. The van der Waals surface area contributed by atoms with Gasteiger partial charge in [0.2, 0.25) is 0 Å². The number of aliphatic carboxylic acids is 1. The third kappa shape index (κ3) is 2.77. The second-order valence-electron chi connectivity index (χ2n) is 3.00. The average Bonchev–Trinajstić information content (AvgIpc) is 2.52. The Morgan fingerprint density at radius 3 is 2.85 bits per heavy atom. The third-order valence-electron chi connectivity index (χ3n) is 1.91. The number of carboxylic acids is 1. The van der Waals surface area contributed by atoms with E-state index in [4.69, 9.17) is 5.11 Å². The van der Waals surface area contributed by atoms with Crippen LogP contribution in [0.4, 0.5) is 8.78 Å². The van der Waals surface area contributed by atoms with Crippen molar-refractivity contribution >= 4 is 5.97 Å². The summed E-state index contributed by atoms with van der Waals surface area (Å²) in [5, 5.41) is 10.6. The van der Waals surface area contributed by atoms with Gasteiger partial charge in [-0.15, -0.1) is 0 Å². The van der Waals surface area contributed by atoms with Crippen molar-refractivity contribution in [3.63, 3.8) is 0 Å². The van der Waals surface area contributed by atoms with Gasteiger partial charge in [0.05, 0.1) is 6.54 Å². The molecule has 0 aliphatic heterocycles. The molecule has 1 atom stereocenters. The lowest BCUT2D eigenvalue weighted by molar-refractivity contribution is -0.164. The van der Waals surface area contributed by atoms with Crippen molar-refractivity contribution in [1.82, 2.24) is 5.32 Å². The van der Waals surface area contributed by atoms with Crippen LogP contribution in [0.2, 0.25) is 0 Å². The van der Waals surface area contributed by atoms with E-state index in [1.54, 1.807) is 6.08 Å². The molecule has 1 unspecified atom stereocenters. The normalized spacial score (nSPS) is 22.2. The van der Waals surface area contributed by atoms with E-state index >= 15 is 0 Å². The van der Waals surface area contributed by atoms with Crippen LogP contribution in [0.3, 0.4) is 0 Å². The predicted octanol–water partition coefficient (Wildman–Crippen LogP) is 1.01. The van der Waals surface area contributed by atoms with Crippen molar-refractivity contribution < 1.29 is 18.7 Å². The number of carbonyl (C=O) groups is 1. The minimum Gasteiger partial charge on any atom is -0.477 e. The average molecular weight is 191 g/mol. The summed E-state index contributed by atoms with van der Waals surface area (Å²) < 4.78 is 25.0. The molecule has 0 aromatic carbocycles. The van der Waals surface area contributed by atoms with Crippen LogP contribution < -0.4 is 5.32 Å². The molecule has 0 fully saturated rings. The summed E-state index contributed by atoms with van der Waals surface area (Å²) in [5.41, 5.74) is 0. The van der Waals surface area contributed by atoms with Crippen LogP contribution in [0.25, 0.3) is 0 Å². The van der Waals surface area contributed by atoms with Crippen molar-refractivity contribution in [3.05, 3.63) is 12.2 Å². The number of carboxylic acid groups (broad SMARTS) is 1. The number of rotatable bonds is 4. The predicted molar refractivity (Wildman–Crippen MR) is 42.7 cm³/mol. The van der Waals surface area contributed by atoms with Gasteiger partial charge >= 0.3 is 11.9 Å². The Balaban J connectivity index is 2.32. The standard InChI is InChI=1S/C8H11F2NO2/c9-8(10,7(12)13)5-11-6-3-1-2-4-6/h1,3,6,11H,2,4-5H2,(H,12,13). The number of halogens is 2. The molecule has 0 radical (unpaired) electrons. The highest BCUT2D eigenvalue weighted by molar-refractivity contribution is 5.75. The minimum atomic E-state index is -3.67. The highest BCUT2D eigenvalue weighted by Gasteiger charge is 2.38. The maximum atomic E-state index is 12.5. The second kappa shape index (κ2) is 3.83. The zero-order valence-corrected chi connectivity index (χ0v) is 6.96. The smallest absolute Gasteiger partial charge is 0.375 e. The molecule has 0 amide bonds. The molecule has 0 bridgehead atoms. The Kier molecular flexibility index (Phi) is 2.98. The fraction of sp³-hybridized carbons (Fsp3) is 0.625. The quantitative estimate of drug-likeness (QED) is 0.652. The van der Waals surface area contributed by atoms with Gasteiger partial charge in [-0.25, -0.2) is 4.79 Å². The molecular weight excluding hydrogens is 180 g/mol. The molecule has 0 spiro atoms. The van der Waals surface area contributed by atoms with E-state index in [9.17, 15) is 13.6 Å². The number of alkyl halides is 2. The van der Waals surface area contributed by atoms with E-state index in [1.807, 2.05) is 6.08 Å². The van der Waals surface area contributed by atoms with Crippen LogP contribution in [-0.4, -0.2) is 29.6 Å². The molecule has 0 aromatic rings. The molecule has 0 heterocycles. The van der Waals surface area contributed by atoms with Crippen LogP contribution in [0.5, 0.6) is 0 Å². The number of hydrogen-bond acceptors (Lipinski definition) is 2. The van der Waals surface area contributed by atoms with E-state index < -0.39 is 18.4 Å². The third-order valence-corrected chi connectivity index (χ3v) is 1.91. The van der Waals surface area contributed by atoms with Gasteiger partial charge in [-0.3, -0.25) is 0 Å². The Morgan fingerprint density at radius 2 is 2.38 bits per heavy atom. The Hall–Kier alpha value is -0.970. The first-order valence-electron chi connectivity index (χ1n) is 4.03. The topological polar surface area (TPSA) is 49.3 Å². The summed E-state index contributed by atoms with van der Waals surface area (Å²) in [6, 6.07) is -0.106. The number of allylic oxidation sites excluding steroid dienone is 1. The minimum absolute atomic E-state index is 0.106. The summed E-state index contributed by atoms with van der Waals surface area (Å²) in [7, 11) is 0. The Morgan fingerprint density at radius 1 is 1.69 bits per heavy atom. The van der Waals surface area contributed by atoms with Crippen molar-refractivity contribution in [2.45, 2.75) is 24.8 Å². The summed E-state index contributed by atoms with van der Waals surface area (Å²) in [5.74, 6) is -5.75. The van der Waals surface area contributed by atoms with Crippen LogP contribution in [-0.2, 0) is 4.79 Å². The Bertz CT molecular complexity index is 228. The summed E-state index contributed by atoms with van der Waals surface area (Å²) >= 11 is 0. The van der Waals surface area contributed by atoms with Crippen molar-refractivity contribution in [2.75, 3.05) is 6.54 Å². The molecule has 74 valence electrons. The lowest BCUT2D eigenvalue weighted by Crippen LogP contribution is -2.42. The van der Waals surface area contributed by atoms with E-state index in [2.05, 4.69) is 5.32 Å². The lowest BCUT2D eigenvalue weighted by Gasteiger charge is -2.15. The fourth-order valence-corrected chi connectivity index (χ4v) is 1.14. The molecule has 1 aliphatic carbocycles. The molecule has 1 rings (SSSR count). The van der Waals surface area contributed by atoms with E-state index in [0.29, 0.717) is 0 Å². The molecule has 0 aromatic heterocycles. The first-order chi connectivity index (χ1) is 6.02. The first-order valence-corrected chi connectivity index (χ1v) is 4.03. The highest BCUT2D eigenvalue weighted by atomic mass is 19.3. The molecule has 0 saturated heterocycles. The van der Waals surface area contributed by atoms with Gasteiger partial charge < -0.3 is 10.4 Å². The highest BCUT2D eigenvalue weighted by Crippen LogP contribution is 2.14. The van der Waals surface area contributed by atoms with Gasteiger partial charge in [0.15, 0.2) is 0 Å². The number of hydrogen-bond donors (Lipinski definition) is 2. The molecule has 0 saturated carbocycles. The summed E-state index contributed by atoms with van der Waals surface area (Å²) in [4.78, 5) is 10.0. The summed E-state index contributed by atoms with van der Waals surface area (Å²) in [6.07, 6.45) is 5.28. The van der Waals surface area contributed by atoms with E-state index in [1.165, 1.54) is 0 Å². The fourth-order valence-electron chi connectivity index (χ4n) is 1.14. The van der Waals surface area contributed by atoms with Crippen LogP contribution in [0, 0.1) is 0 Å². The maximum absolute atomic E-state index is 12.5. The molecule has 13 heavy (non-hydrogen) atoms. The van der Waals surface area contributed by atoms with Gasteiger partial charge in [-0.05, 0) is 12.8 Å². The zero-order chi connectivity index (χ0) is 9.90. The SMILES string of the molecule is O=C(O)C(F)(F)CNC1C=CCC1. The molecule has 5 heteroatoms.